The highest BCUT2D eigenvalue weighted by Gasteiger charge is 2.08. The number of carbonyl (C=O) groups excluding carboxylic acids is 1. The Labute approximate surface area is 103 Å². The summed E-state index contributed by atoms with van der Waals surface area (Å²) in [5.41, 5.74) is 0.216. The van der Waals surface area contributed by atoms with Gasteiger partial charge in [0, 0.05) is 30.9 Å². The van der Waals surface area contributed by atoms with Crippen LogP contribution in [0, 0.1) is 5.82 Å². The fourth-order valence-electron chi connectivity index (χ4n) is 1.49. The lowest BCUT2D eigenvalue weighted by molar-refractivity contribution is 0.0953. The first kappa shape index (κ1) is 12.1. The van der Waals surface area contributed by atoms with Crippen molar-refractivity contribution >= 4 is 5.91 Å². The molecule has 2 rings (SSSR count). The number of phenolic OH excluding ortho intramolecular Hbond substituents is 1. The third-order valence-corrected chi connectivity index (χ3v) is 2.41. The van der Waals surface area contributed by atoms with E-state index < -0.39 is 11.6 Å². The van der Waals surface area contributed by atoms with Crippen LogP contribution in [-0.2, 0) is 6.42 Å². The molecule has 0 fully saturated rings. The zero-order valence-corrected chi connectivity index (χ0v) is 9.48. The molecule has 0 bridgehead atoms. The van der Waals surface area contributed by atoms with Crippen molar-refractivity contribution in [2.24, 2.45) is 0 Å². The molecule has 0 aliphatic heterocycles. The average molecular weight is 249 g/mol. The van der Waals surface area contributed by atoms with E-state index in [1.807, 2.05) is 0 Å². The Kier molecular flexibility index (Phi) is 3.57. The number of aromatic hydroxyl groups is 1. The normalized spacial score (nSPS) is 10.3. The lowest BCUT2D eigenvalue weighted by atomic mass is 10.2. The number of aromatic nitrogens is 2. The number of benzene rings is 1. The molecule has 1 aromatic heterocycles. The summed E-state index contributed by atoms with van der Waals surface area (Å²) in [6, 6.07) is 3.46. The number of aromatic amines is 1. The van der Waals surface area contributed by atoms with Crippen molar-refractivity contribution in [1.29, 1.82) is 0 Å². The standard InChI is InChI=1S/C12H12FN3O2/c13-9-2-1-8(7-10(9)17)12(18)16-4-3-11-14-5-6-15-11/h1-2,5-7,17H,3-4H2,(H,14,15)(H,16,18). The first-order chi connectivity index (χ1) is 8.66. The molecule has 18 heavy (non-hydrogen) atoms. The number of rotatable bonds is 4. The van der Waals surface area contributed by atoms with Gasteiger partial charge in [0.05, 0.1) is 0 Å². The van der Waals surface area contributed by atoms with E-state index in [-0.39, 0.29) is 11.5 Å². The molecular weight excluding hydrogens is 237 g/mol. The van der Waals surface area contributed by atoms with Gasteiger partial charge in [-0.3, -0.25) is 4.79 Å². The third-order valence-electron chi connectivity index (χ3n) is 2.41. The second-order valence-corrected chi connectivity index (χ2v) is 3.71. The van der Waals surface area contributed by atoms with Crippen LogP contribution in [0.25, 0.3) is 0 Å². The Morgan fingerprint density at radius 2 is 2.33 bits per heavy atom. The number of phenols is 1. The minimum Gasteiger partial charge on any atom is -0.505 e. The van der Waals surface area contributed by atoms with E-state index in [4.69, 9.17) is 5.11 Å². The summed E-state index contributed by atoms with van der Waals surface area (Å²) in [6.07, 6.45) is 3.91. The number of amides is 1. The fourth-order valence-corrected chi connectivity index (χ4v) is 1.49. The van der Waals surface area contributed by atoms with Crippen LogP contribution in [-0.4, -0.2) is 27.5 Å². The molecule has 1 heterocycles. The highest BCUT2D eigenvalue weighted by Crippen LogP contribution is 2.16. The molecule has 6 heteroatoms. The second-order valence-electron chi connectivity index (χ2n) is 3.71. The SMILES string of the molecule is O=C(NCCc1ncc[nH]1)c1ccc(F)c(O)c1. The number of hydrogen-bond acceptors (Lipinski definition) is 3. The van der Waals surface area contributed by atoms with Crippen molar-refractivity contribution in [2.45, 2.75) is 6.42 Å². The Morgan fingerprint density at radius 3 is 3.00 bits per heavy atom. The largest absolute Gasteiger partial charge is 0.505 e. The van der Waals surface area contributed by atoms with E-state index in [0.717, 1.165) is 18.0 Å². The van der Waals surface area contributed by atoms with Crippen molar-refractivity contribution < 1.29 is 14.3 Å². The van der Waals surface area contributed by atoms with Gasteiger partial charge in [0.25, 0.3) is 5.91 Å². The van der Waals surface area contributed by atoms with E-state index >= 15 is 0 Å². The summed E-state index contributed by atoms with van der Waals surface area (Å²) in [6.45, 7) is 0.407. The highest BCUT2D eigenvalue weighted by molar-refractivity contribution is 5.94. The van der Waals surface area contributed by atoms with Crippen LogP contribution in [0.15, 0.2) is 30.6 Å². The molecule has 0 atom stereocenters. The van der Waals surface area contributed by atoms with Gasteiger partial charge in [-0.05, 0) is 18.2 Å². The van der Waals surface area contributed by atoms with Crippen molar-refractivity contribution in [1.82, 2.24) is 15.3 Å². The summed E-state index contributed by atoms with van der Waals surface area (Å²) >= 11 is 0. The first-order valence-corrected chi connectivity index (χ1v) is 5.42. The average Bonchev–Trinajstić information content (AvgIpc) is 2.85. The predicted octanol–water partition coefficient (Wildman–Crippen LogP) is 1.23. The molecule has 0 spiro atoms. The van der Waals surface area contributed by atoms with Gasteiger partial charge in [-0.25, -0.2) is 9.37 Å². The topological polar surface area (TPSA) is 78.0 Å². The monoisotopic (exact) mass is 249 g/mol. The van der Waals surface area contributed by atoms with Crippen LogP contribution in [0.5, 0.6) is 5.75 Å². The van der Waals surface area contributed by atoms with E-state index in [1.54, 1.807) is 12.4 Å². The van der Waals surface area contributed by atoms with Crippen LogP contribution >= 0.6 is 0 Å². The maximum atomic E-state index is 12.8. The Balaban J connectivity index is 1.89. The van der Waals surface area contributed by atoms with Crippen LogP contribution in [0.2, 0.25) is 0 Å². The van der Waals surface area contributed by atoms with Gasteiger partial charge in [-0.2, -0.15) is 0 Å². The van der Waals surface area contributed by atoms with Crippen molar-refractivity contribution in [2.75, 3.05) is 6.54 Å². The fraction of sp³-hybridized carbons (Fsp3) is 0.167. The molecule has 0 radical (unpaired) electrons. The molecule has 0 saturated heterocycles. The maximum Gasteiger partial charge on any atom is 0.251 e. The van der Waals surface area contributed by atoms with Crippen LogP contribution in [0.3, 0.4) is 0 Å². The lowest BCUT2D eigenvalue weighted by Crippen LogP contribution is -2.25. The van der Waals surface area contributed by atoms with Crippen LogP contribution in [0.1, 0.15) is 16.2 Å². The maximum absolute atomic E-state index is 12.8. The zero-order chi connectivity index (χ0) is 13.0. The number of hydrogen-bond donors (Lipinski definition) is 3. The number of imidazole rings is 1. The molecule has 2 aromatic rings. The minimum atomic E-state index is -0.748. The molecule has 1 aromatic carbocycles. The van der Waals surface area contributed by atoms with E-state index in [9.17, 15) is 9.18 Å². The predicted molar refractivity (Wildman–Crippen MR) is 62.7 cm³/mol. The molecule has 0 aliphatic rings. The first-order valence-electron chi connectivity index (χ1n) is 5.42. The summed E-state index contributed by atoms with van der Waals surface area (Å²) < 4.78 is 12.8. The quantitative estimate of drug-likeness (QED) is 0.762. The highest BCUT2D eigenvalue weighted by atomic mass is 19.1. The van der Waals surface area contributed by atoms with Crippen molar-refractivity contribution in [3.8, 4) is 5.75 Å². The number of halogens is 1. The van der Waals surface area contributed by atoms with E-state index in [0.29, 0.717) is 13.0 Å². The molecule has 0 aliphatic carbocycles. The Hall–Kier alpha value is -2.37. The molecular formula is C12H12FN3O2. The van der Waals surface area contributed by atoms with Gasteiger partial charge in [0.2, 0.25) is 0 Å². The second kappa shape index (κ2) is 5.31. The third kappa shape index (κ3) is 2.85. The van der Waals surface area contributed by atoms with E-state index in [2.05, 4.69) is 15.3 Å². The van der Waals surface area contributed by atoms with Crippen molar-refractivity contribution in [3.05, 3.63) is 47.8 Å². The van der Waals surface area contributed by atoms with Gasteiger partial charge >= 0.3 is 0 Å². The summed E-state index contributed by atoms with van der Waals surface area (Å²) in [5.74, 6) is -0.870. The zero-order valence-electron chi connectivity index (χ0n) is 9.48. The van der Waals surface area contributed by atoms with Gasteiger partial charge in [0.1, 0.15) is 5.82 Å². The van der Waals surface area contributed by atoms with Gasteiger partial charge in [-0.15, -0.1) is 0 Å². The van der Waals surface area contributed by atoms with Crippen LogP contribution < -0.4 is 5.32 Å². The number of H-pyrrole nitrogens is 1. The Morgan fingerprint density at radius 1 is 1.50 bits per heavy atom. The molecule has 3 N–H and O–H groups in total. The minimum absolute atomic E-state index is 0.216. The molecule has 94 valence electrons. The van der Waals surface area contributed by atoms with Gasteiger partial charge < -0.3 is 15.4 Å². The molecule has 5 nitrogen and oxygen atoms in total. The summed E-state index contributed by atoms with van der Waals surface area (Å²) in [5, 5.41) is 11.8. The molecule has 1 amide bonds. The van der Waals surface area contributed by atoms with E-state index in [1.165, 1.54) is 6.07 Å². The number of nitrogens with one attached hydrogen (secondary N) is 2. The van der Waals surface area contributed by atoms with Crippen LogP contribution in [0.4, 0.5) is 4.39 Å². The Bertz CT molecular complexity index is 540. The smallest absolute Gasteiger partial charge is 0.251 e. The summed E-state index contributed by atoms with van der Waals surface area (Å²) in [4.78, 5) is 18.6. The lowest BCUT2D eigenvalue weighted by Gasteiger charge is -2.04. The van der Waals surface area contributed by atoms with Gasteiger partial charge in [-0.1, -0.05) is 0 Å². The number of nitrogens with zero attached hydrogens (tertiary/aromatic N) is 1. The molecule has 0 saturated carbocycles. The van der Waals surface area contributed by atoms with Crippen molar-refractivity contribution in [3.63, 3.8) is 0 Å². The number of carbonyl (C=O) groups is 1. The molecule has 0 unspecified atom stereocenters. The van der Waals surface area contributed by atoms with Gasteiger partial charge in [0.15, 0.2) is 11.6 Å². The summed E-state index contributed by atoms with van der Waals surface area (Å²) in [7, 11) is 0.